The maximum Gasteiger partial charge on any atom is 0.243 e. The van der Waals surface area contributed by atoms with Gasteiger partial charge in [0.05, 0.1) is 4.90 Å². The van der Waals surface area contributed by atoms with Crippen LogP contribution in [0.4, 0.5) is 0 Å². The van der Waals surface area contributed by atoms with E-state index in [0.717, 1.165) is 32.5 Å². The van der Waals surface area contributed by atoms with Crippen LogP contribution in [0.5, 0.6) is 0 Å². The van der Waals surface area contributed by atoms with Gasteiger partial charge >= 0.3 is 0 Å². The highest BCUT2D eigenvalue weighted by atomic mass is 35.5. The van der Waals surface area contributed by atoms with E-state index in [2.05, 4.69) is 47.4 Å². The molecule has 0 aliphatic carbocycles. The van der Waals surface area contributed by atoms with Crippen LogP contribution in [-0.2, 0) is 10.0 Å². The monoisotopic (exact) mass is 494 g/mol. The molecule has 0 aromatic heterocycles. The molecular weight excluding hydrogens is 464 g/mol. The maximum atomic E-state index is 13.4. The van der Waals surface area contributed by atoms with Crippen LogP contribution >= 0.6 is 11.6 Å². The van der Waals surface area contributed by atoms with Crippen molar-refractivity contribution >= 4 is 21.6 Å². The Kier molecular flexibility index (Phi) is 7.07. The first-order valence-corrected chi connectivity index (χ1v) is 13.9. The van der Waals surface area contributed by atoms with Crippen LogP contribution in [0.25, 0.3) is 0 Å². The predicted molar refractivity (Wildman–Crippen MR) is 138 cm³/mol. The Hall–Kier alpha value is -2.18. The molecule has 0 bridgehead atoms. The fourth-order valence-electron chi connectivity index (χ4n) is 5.55. The standard InChI is InChI=1S/C28H31ClN2O2S/c29-26-11-13-27(14-12-26)34(32,33)31-20-25(28(21-31)24-9-5-2-6-10-24)19-30-17-15-23(16-18-30)22-7-3-1-4-8-22/h1-14,23,25,28H,15-21H2/t25?,28-/m1/s1. The van der Waals surface area contributed by atoms with E-state index < -0.39 is 10.0 Å². The summed E-state index contributed by atoms with van der Waals surface area (Å²) in [6.45, 7) is 4.10. The van der Waals surface area contributed by atoms with Crippen molar-refractivity contribution in [3.8, 4) is 0 Å². The number of hydrogen-bond donors (Lipinski definition) is 0. The van der Waals surface area contributed by atoms with Crippen LogP contribution in [0.15, 0.2) is 89.8 Å². The highest BCUT2D eigenvalue weighted by Gasteiger charge is 2.41. The minimum atomic E-state index is -3.56. The van der Waals surface area contributed by atoms with E-state index in [9.17, 15) is 8.42 Å². The second-order valence-electron chi connectivity index (χ2n) is 9.54. The van der Waals surface area contributed by atoms with E-state index in [1.165, 1.54) is 11.1 Å². The summed E-state index contributed by atoms with van der Waals surface area (Å²) in [4.78, 5) is 2.85. The van der Waals surface area contributed by atoms with Gasteiger partial charge in [-0.25, -0.2) is 8.42 Å². The van der Waals surface area contributed by atoms with E-state index in [1.54, 1.807) is 28.6 Å². The number of rotatable bonds is 6. The average molecular weight is 495 g/mol. The van der Waals surface area contributed by atoms with E-state index in [-0.39, 0.29) is 11.8 Å². The summed E-state index contributed by atoms with van der Waals surface area (Å²) in [6.07, 6.45) is 2.30. The van der Waals surface area contributed by atoms with Gasteiger partial charge in [0.1, 0.15) is 0 Å². The van der Waals surface area contributed by atoms with E-state index in [4.69, 9.17) is 11.6 Å². The SMILES string of the molecule is O=S(=O)(c1ccc(Cl)cc1)N1CC(CN2CCC(c3ccccc3)CC2)[C@@H](c2ccccc2)C1. The molecule has 2 saturated heterocycles. The molecule has 2 fully saturated rings. The molecule has 4 nitrogen and oxygen atoms in total. The number of likely N-dealkylation sites (tertiary alicyclic amines) is 1. The largest absolute Gasteiger partial charge is 0.303 e. The zero-order valence-corrected chi connectivity index (χ0v) is 20.8. The van der Waals surface area contributed by atoms with Gasteiger partial charge in [0.25, 0.3) is 0 Å². The van der Waals surface area contributed by atoms with Crippen molar-refractivity contribution in [2.75, 3.05) is 32.7 Å². The molecule has 6 heteroatoms. The molecule has 0 N–H and O–H groups in total. The van der Waals surface area contributed by atoms with Gasteiger partial charge in [-0.1, -0.05) is 72.3 Å². The van der Waals surface area contributed by atoms with Gasteiger partial charge in [-0.3, -0.25) is 0 Å². The third-order valence-electron chi connectivity index (χ3n) is 7.44. The van der Waals surface area contributed by atoms with Gasteiger partial charge in [0.15, 0.2) is 0 Å². The number of halogens is 1. The zero-order valence-electron chi connectivity index (χ0n) is 19.3. The van der Waals surface area contributed by atoms with Crippen molar-refractivity contribution in [1.82, 2.24) is 9.21 Å². The van der Waals surface area contributed by atoms with Gasteiger partial charge in [-0.15, -0.1) is 0 Å². The second-order valence-corrected chi connectivity index (χ2v) is 11.9. The van der Waals surface area contributed by atoms with Crippen molar-refractivity contribution in [3.63, 3.8) is 0 Å². The zero-order chi connectivity index (χ0) is 23.5. The third kappa shape index (κ3) is 5.08. The lowest BCUT2D eigenvalue weighted by Crippen LogP contribution is -2.38. The molecule has 0 saturated carbocycles. The number of nitrogens with zero attached hydrogens (tertiary/aromatic N) is 2. The van der Waals surface area contributed by atoms with Gasteiger partial charge in [-0.2, -0.15) is 4.31 Å². The van der Waals surface area contributed by atoms with Crippen LogP contribution in [0.3, 0.4) is 0 Å². The number of sulfonamides is 1. The molecular formula is C28H31ClN2O2S. The Morgan fingerprint density at radius 1 is 0.765 bits per heavy atom. The Bertz CT molecular complexity index is 1180. The van der Waals surface area contributed by atoms with Crippen LogP contribution in [0, 0.1) is 5.92 Å². The smallest absolute Gasteiger partial charge is 0.243 e. The first-order valence-electron chi connectivity index (χ1n) is 12.1. The summed E-state index contributed by atoms with van der Waals surface area (Å²) in [5, 5.41) is 0.541. The van der Waals surface area contributed by atoms with Crippen LogP contribution in [-0.4, -0.2) is 50.3 Å². The lowest BCUT2D eigenvalue weighted by atomic mass is 9.86. The lowest BCUT2D eigenvalue weighted by molar-refractivity contribution is 0.180. The molecule has 0 radical (unpaired) electrons. The fraction of sp³-hybridized carbons (Fsp3) is 0.357. The molecule has 0 amide bonds. The minimum absolute atomic E-state index is 0.190. The quantitative estimate of drug-likeness (QED) is 0.446. The first kappa shape index (κ1) is 23.6. The Morgan fingerprint density at radius 3 is 1.97 bits per heavy atom. The van der Waals surface area contributed by atoms with E-state index in [0.29, 0.717) is 28.9 Å². The highest BCUT2D eigenvalue weighted by Crippen LogP contribution is 2.37. The van der Waals surface area contributed by atoms with Crippen molar-refractivity contribution in [3.05, 3.63) is 101 Å². The molecule has 34 heavy (non-hydrogen) atoms. The number of piperidine rings is 1. The average Bonchev–Trinajstić information content (AvgIpc) is 3.30. The molecule has 2 aliphatic rings. The van der Waals surface area contributed by atoms with Gasteiger partial charge < -0.3 is 4.90 Å². The minimum Gasteiger partial charge on any atom is -0.303 e. The van der Waals surface area contributed by atoms with Gasteiger partial charge in [0, 0.05) is 30.6 Å². The molecule has 2 atom stereocenters. The van der Waals surface area contributed by atoms with Crippen LogP contribution in [0.1, 0.15) is 35.8 Å². The molecule has 3 aromatic rings. The van der Waals surface area contributed by atoms with Crippen molar-refractivity contribution in [2.24, 2.45) is 5.92 Å². The topological polar surface area (TPSA) is 40.6 Å². The van der Waals surface area contributed by atoms with E-state index in [1.807, 2.05) is 18.2 Å². The second kappa shape index (κ2) is 10.2. The lowest BCUT2D eigenvalue weighted by Gasteiger charge is -2.35. The molecule has 178 valence electrons. The Morgan fingerprint density at radius 2 is 1.35 bits per heavy atom. The Labute approximate surface area is 208 Å². The molecule has 2 heterocycles. The predicted octanol–water partition coefficient (Wildman–Crippen LogP) is 5.62. The molecule has 5 rings (SSSR count). The summed E-state index contributed by atoms with van der Waals surface area (Å²) in [5.41, 5.74) is 2.66. The molecule has 0 spiro atoms. The summed E-state index contributed by atoms with van der Waals surface area (Å²) in [6, 6.07) is 27.7. The summed E-state index contributed by atoms with van der Waals surface area (Å²) in [7, 11) is -3.56. The maximum absolute atomic E-state index is 13.4. The molecule has 3 aromatic carbocycles. The van der Waals surface area contributed by atoms with Crippen molar-refractivity contribution in [2.45, 2.75) is 29.6 Å². The van der Waals surface area contributed by atoms with Crippen molar-refractivity contribution < 1.29 is 8.42 Å². The first-order chi connectivity index (χ1) is 16.5. The van der Waals surface area contributed by atoms with Gasteiger partial charge in [0.2, 0.25) is 10.0 Å². The Balaban J connectivity index is 1.31. The highest BCUT2D eigenvalue weighted by molar-refractivity contribution is 7.89. The number of hydrogen-bond acceptors (Lipinski definition) is 3. The molecule has 1 unspecified atom stereocenters. The van der Waals surface area contributed by atoms with Crippen LogP contribution in [0.2, 0.25) is 5.02 Å². The number of benzene rings is 3. The summed E-state index contributed by atoms with van der Waals surface area (Å²) >= 11 is 5.99. The van der Waals surface area contributed by atoms with Crippen LogP contribution < -0.4 is 0 Å². The summed E-state index contributed by atoms with van der Waals surface area (Å²) in [5.74, 6) is 1.07. The van der Waals surface area contributed by atoms with Crippen molar-refractivity contribution in [1.29, 1.82) is 0 Å². The van der Waals surface area contributed by atoms with E-state index >= 15 is 0 Å². The fourth-order valence-corrected chi connectivity index (χ4v) is 7.20. The summed E-state index contributed by atoms with van der Waals surface area (Å²) < 4.78 is 28.5. The molecule has 2 aliphatic heterocycles. The third-order valence-corrected chi connectivity index (χ3v) is 9.54. The van der Waals surface area contributed by atoms with Gasteiger partial charge in [-0.05, 0) is 73.2 Å². The normalized spacial score (nSPS) is 22.7.